The third kappa shape index (κ3) is 2.59. The number of nitrogens with zero attached hydrogens (tertiary/aromatic N) is 2. The van der Waals surface area contributed by atoms with Gasteiger partial charge in [0, 0.05) is 17.5 Å². The first-order valence-corrected chi connectivity index (χ1v) is 5.89. The molecular weight excluding hydrogens is 226 g/mol. The number of aromatic nitrogens is 2. The van der Waals surface area contributed by atoms with E-state index in [0.717, 1.165) is 22.8 Å². The molecule has 0 amide bonds. The van der Waals surface area contributed by atoms with Crippen molar-refractivity contribution in [3.63, 3.8) is 0 Å². The highest BCUT2D eigenvalue weighted by atomic mass is 16.5. The normalized spacial score (nSPS) is 10.7. The molecule has 2 N–H and O–H groups in total. The lowest BCUT2D eigenvalue weighted by atomic mass is 10.1. The molecule has 0 unspecified atom stereocenters. The van der Waals surface area contributed by atoms with Gasteiger partial charge in [-0.3, -0.25) is 0 Å². The molecule has 0 aliphatic heterocycles. The van der Waals surface area contributed by atoms with E-state index in [2.05, 4.69) is 9.97 Å². The SMILES string of the molecule is COc1ccc(-c2cc(N)nc(C(C)C)n2)cc1. The zero-order chi connectivity index (χ0) is 13.1. The van der Waals surface area contributed by atoms with Crippen LogP contribution in [0.3, 0.4) is 0 Å². The molecule has 2 rings (SSSR count). The summed E-state index contributed by atoms with van der Waals surface area (Å²) in [6.45, 7) is 4.10. The maximum atomic E-state index is 5.81. The van der Waals surface area contributed by atoms with Gasteiger partial charge >= 0.3 is 0 Å². The fourth-order valence-corrected chi connectivity index (χ4v) is 1.65. The van der Waals surface area contributed by atoms with Gasteiger partial charge in [0.25, 0.3) is 0 Å². The van der Waals surface area contributed by atoms with E-state index in [4.69, 9.17) is 10.5 Å². The smallest absolute Gasteiger partial charge is 0.133 e. The summed E-state index contributed by atoms with van der Waals surface area (Å²) < 4.78 is 5.13. The van der Waals surface area contributed by atoms with Crippen LogP contribution in [-0.2, 0) is 0 Å². The third-order valence-corrected chi connectivity index (χ3v) is 2.67. The minimum atomic E-state index is 0.255. The first-order chi connectivity index (χ1) is 8.60. The first-order valence-electron chi connectivity index (χ1n) is 5.89. The van der Waals surface area contributed by atoms with Gasteiger partial charge in [-0.15, -0.1) is 0 Å². The molecule has 1 aromatic heterocycles. The van der Waals surface area contributed by atoms with Crippen molar-refractivity contribution < 1.29 is 4.74 Å². The van der Waals surface area contributed by atoms with Gasteiger partial charge in [-0.1, -0.05) is 13.8 Å². The second-order valence-corrected chi connectivity index (χ2v) is 4.42. The number of hydrogen-bond acceptors (Lipinski definition) is 4. The van der Waals surface area contributed by atoms with Gasteiger partial charge in [-0.25, -0.2) is 9.97 Å². The van der Waals surface area contributed by atoms with Gasteiger partial charge in [0.15, 0.2) is 0 Å². The fourth-order valence-electron chi connectivity index (χ4n) is 1.65. The van der Waals surface area contributed by atoms with Crippen molar-refractivity contribution >= 4 is 5.82 Å². The molecule has 0 fully saturated rings. The van der Waals surface area contributed by atoms with Crippen LogP contribution in [-0.4, -0.2) is 17.1 Å². The predicted octanol–water partition coefficient (Wildman–Crippen LogP) is 2.86. The maximum absolute atomic E-state index is 5.81. The molecule has 0 saturated carbocycles. The Hall–Kier alpha value is -2.10. The average Bonchev–Trinajstić information content (AvgIpc) is 2.38. The summed E-state index contributed by atoms with van der Waals surface area (Å²) in [5.74, 6) is 2.34. The monoisotopic (exact) mass is 243 g/mol. The minimum absolute atomic E-state index is 0.255. The van der Waals surface area contributed by atoms with E-state index < -0.39 is 0 Å². The molecule has 1 aromatic carbocycles. The molecular formula is C14H17N3O. The Morgan fingerprint density at radius 3 is 2.33 bits per heavy atom. The van der Waals surface area contributed by atoms with Crippen LogP contribution in [0, 0.1) is 0 Å². The lowest BCUT2D eigenvalue weighted by Gasteiger charge is -2.08. The lowest BCUT2D eigenvalue weighted by Crippen LogP contribution is -2.02. The standard InChI is InChI=1S/C14H17N3O/c1-9(2)14-16-12(8-13(15)17-14)10-4-6-11(18-3)7-5-10/h4-9H,1-3H3,(H2,15,16,17). The molecule has 2 aromatic rings. The van der Waals surface area contributed by atoms with Crippen molar-refractivity contribution in [3.8, 4) is 17.0 Å². The van der Waals surface area contributed by atoms with Gasteiger partial charge in [0.05, 0.1) is 12.8 Å². The molecule has 0 bridgehead atoms. The molecule has 0 aliphatic carbocycles. The van der Waals surface area contributed by atoms with E-state index in [-0.39, 0.29) is 5.92 Å². The van der Waals surface area contributed by atoms with Crippen LogP contribution in [0.4, 0.5) is 5.82 Å². The van der Waals surface area contributed by atoms with Crippen molar-refractivity contribution in [2.24, 2.45) is 0 Å². The average molecular weight is 243 g/mol. The van der Waals surface area contributed by atoms with Crippen LogP contribution in [0.5, 0.6) is 5.75 Å². The third-order valence-electron chi connectivity index (χ3n) is 2.67. The van der Waals surface area contributed by atoms with E-state index >= 15 is 0 Å². The fraction of sp³-hybridized carbons (Fsp3) is 0.286. The molecule has 4 heteroatoms. The summed E-state index contributed by atoms with van der Waals surface area (Å²) in [4.78, 5) is 8.76. The largest absolute Gasteiger partial charge is 0.497 e. The molecule has 0 radical (unpaired) electrons. The van der Waals surface area contributed by atoms with Crippen LogP contribution in [0.1, 0.15) is 25.6 Å². The number of benzene rings is 1. The Bertz CT molecular complexity index is 535. The molecule has 0 atom stereocenters. The number of ether oxygens (including phenoxy) is 1. The van der Waals surface area contributed by atoms with Crippen LogP contribution < -0.4 is 10.5 Å². The highest BCUT2D eigenvalue weighted by Gasteiger charge is 2.08. The van der Waals surface area contributed by atoms with Crippen LogP contribution >= 0.6 is 0 Å². The molecule has 94 valence electrons. The Labute approximate surface area is 107 Å². The van der Waals surface area contributed by atoms with Gasteiger partial charge in [0.1, 0.15) is 17.4 Å². The number of nitrogen functional groups attached to an aromatic ring is 1. The summed E-state index contributed by atoms with van der Waals surface area (Å²) in [7, 11) is 1.65. The molecule has 0 saturated heterocycles. The molecule has 0 spiro atoms. The number of rotatable bonds is 3. The zero-order valence-electron chi connectivity index (χ0n) is 10.8. The molecule has 0 aliphatic rings. The molecule has 4 nitrogen and oxygen atoms in total. The first kappa shape index (κ1) is 12.4. The summed E-state index contributed by atoms with van der Waals surface area (Å²) >= 11 is 0. The summed E-state index contributed by atoms with van der Waals surface area (Å²) in [5.41, 5.74) is 7.66. The van der Waals surface area contributed by atoms with E-state index in [1.165, 1.54) is 0 Å². The Kier molecular flexibility index (Phi) is 3.46. The highest BCUT2D eigenvalue weighted by molar-refractivity contribution is 5.62. The lowest BCUT2D eigenvalue weighted by molar-refractivity contribution is 0.415. The minimum Gasteiger partial charge on any atom is -0.497 e. The second kappa shape index (κ2) is 5.04. The number of nitrogens with two attached hydrogens (primary N) is 1. The van der Waals surface area contributed by atoms with E-state index in [1.807, 2.05) is 38.1 Å². The summed E-state index contributed by atoms with van der Waals surface area (Å²) in [6, 6.07) is 9.52. The van der Waals surface area contributed by atoms with Gasteiger partial charge in [0.2, 0.25) is 0 Å². The van der Waals surface area contributed by atoms with E-state index in [0.29, 0.717) is 5.82 Å². The summed E-state index contributed by atoms with van der Waals surface area (Å²) in [5, 5.41) is 0. The van der Waals surface area contributed by atoms with Crippen molar-refractivity contribution in [2.45, 2.75) is 19.8 Å². The van der Waals surface area contributed by atoms with Gasteiger partial charge in [-0.05, 0) is 24.3 Å². The van der Waals surface area contributed by atoms with Crippen molar-refractivity contribution in [1.82, 2.24) is 9.97 Å². The Balaban J connectivity index is 2.42. The quantitative estimate of drug-likeness (QED) is 0.900. The van der Waals surface area contributed by atoms with E-state index in [9.17, 15) is 0 Å². The Morgan fingerprint density at radius 1 is 1.11 bits per heavy atom. The molecule has 18 heavy (non-hydrogen) atoms. The van der Waals surface area contributed by atoms with Crippen molar-refractivity contribution in [3.05, 3.63) is 36.2 Å². The second-order valence-electron chi connectivity index (χ2n) is 4.42. The number of hydrogen-bond donors (Lipinski definition) is 1. The van der Waals surface area contributed by atoms with Crippen LogP contribution in [0.15, 0.2) is 30.3 Å². The van der Waals surface area contributed by atoms with Crippen molar-refractivity contribution in [1.29, 1.82) is 0 Å². The molecule has 1 heterocycles. The Morgan fingerprint density at radius 2 is 1.78 bits per heavy atom. The van der Waals surface area contributed by atoms with Crippen LogP contribution in [0.25, 0.3) is 11.3 Å². The predicted molar refractivity (Wildman–Crippen MR) is 72.5 cm³/mol. The number of methoxy groups -OCH3 is 1. The van der Waals surface area contributed by atoms with E-state index in [1.54, 1.807) is 13.2 Å². The highest BCUT2D eigenvalue weighted by Crippen LogP contribution is 2.23. The number of anilines is 1. The van der Waals surface area contributed by atoms with Gasteiger partial charge < -0.3 is 10.5 Å². The summed E-state index contributed by atoms with van der Waals surface area (Å²) in [6.07, 6.45) is 0. The zero-order valence-corrected chi connectivity index (χ0v) is 10.8. The van der Waals surface area contributed by atoms with Crippen LogP contribution in [0.2, 0.25) is 0 Å². The van der Waals surface area contributed by atoms with Gasteiger partial charge in [-0.2, -0.15) is 0 Å². The maximum Gasteiger partial charge on any atom is 0.133 e. The topological polar surface area (TPSA) is 61.0 Å². The van der Waals surface area contributed by atoms with Crippen molar-refractivity contribution in [2.75, 3.05) is 12.8 Å².